The molecule has 1 saturated heterocycles. The highest BCUT2D eigenvalue weighted by molar-refractivity contribution is 7.72. The molecule has 0 amide bonds. The zero-order valence-corrected chi connectivity index (χ0v) is 23.7. The zero-order chi connectivity index (χ0) is 30.6. The van der Waals surface area contributed by atoms with Gasteiger partial charge in [0, 0.05) is 17.2 Å². The van der Waals surface area contributed by atoms with Crippen molar-refractivity contribution in [2.75, 3.05) is 17.4 Å². The lowest BCUT2D eigenvalue weighted by atomic mass is 10.0. The first-order valence-corrected chi connectivity index (χ1v) is 16.4. The summed E-state index contributed by atoms with van der Waals surface area (Å²) in [5.74, 6) is -1.21. The van der Waals surface area contributed by atoms with E-state index in [4.69, 9.17) is 26.1 Å². The number of fused-ring (bicyclic) bond motifs is 2. The molecule has 226 valence electrons. The van der Waals surface area contributed by atoms with Crippen molar-refractivity contribution in [3.05, 3.63) is 53.6 Å². The van der Waals surface area contributed by atoms with Crippen LogP contribution in [0.3, 0.4) is 0 Å². The van der Waals surface area contributed by atoms with Crippen LogP contribution >= 0.6 is 26.6 Å². The molecular weight excluding hydrogens is 629 g/mol. The maximum atomic E-state index is 13.6. The second kappa shape index (κ2) is 11.1. The summed E-state index contributed by atoms with van der Waals surface area (Å²) >= 11 is 6.15. The summed E-state index contributed by atoms with van der Waals surface area (Å²) in [7, 11) is -9.05. The number of hydrogen-bond acceptors (Lipinski definition) is 9. The first-order chi connectivity index (χ1) is 19.5. The van der Waals surface area contributed by atoms with Gasteiger partial charge in [-0.15, -0.1) is 0 Å². The van der Waals surface area contributed by atoms with Gasteiger partial charge in [-0.1, -0.05) is 24.3 Å². The molecule has 2 aromatic heterocycles. The van der Waals surface area contributed by atoms with Crippen molar-refractivity contribution in [3.63, 3.8) is 0 Å². The van der Waals surface area contributed by atoms with Crippen LogP contribution in [0.5, 0.6) is 0 Å². The average Bonchev–Trinajstić information content (AvgIpc) is 3.41. The van der Waals surface area contributed by atoms with Crippen LogP contribution in [-0.2, 0) is 20.0 Å². The summed E-state index contributed by atoms with van der Waals surface area (Å²) in [6.45, 7) is 0. The molecule has 0 radical (unpaired) electrons. The van der Waals surface area contributed by atoms with Crippen molar-refractivity contribution in [1.82, 2.24) is 19.5 Å². The third-order valence-electron chi connectivity index (χ3n) is 6.66. The third kappa shape index (κ3) is 6.32. The van der Waals surface area contributed by atoms with Crippen LogP contribution in [0.4, 0.5) is 24.7 Å². The maximum absolute atomic E-state index is 13.6. The van der Waals surface area contributed by atoms with E-state index in [0.29, 0.717) is 0 Å². The van der Waals surface area contributed by atoms with Gasteiger partial charge in [0.15, 0.2) is 23.2 Å². The number of benzene rings is 2. The second-order valence-corrected chi connectivity index (χ2v) is 14.6. The van der Waals surface area contributed by atoms with Crippen LogP contribution in [0.15, 0.2) is 42.7 Å². The van der Waals surface area contributed by atoms with Crippen molar-refractivity contribution in [3.8, 4) is 0 Å². The van der Waals surface area contributed by atoms with Gasteiger partial charge >= 0.3 is 13.8 Å². The number of aliphatic hydroxyl groups excluding tert-OH is 2. The predicted molar refractivity (Wildman–Crippen MR) is 145 cm³/mol. The Labute approximate surface area is 239 Å². The van der Waals surface area contributed by atoms with Crippen LogP contribution < -0.4 is 5.32 Å². The smallest absolute Gasteiger partial charge is 0.388 e. The number of nitrogens with zero attached hydrogens (tertiary/aromatic N) is 4. The van der Waals surface area contributed by atoms with E-state index in [1.54, 1.807) is 6.07 Å². The second-order valence-electron chi connectivity index (χ2n) is 9.71. The Kier molecular flexibility index (Phi) is 8.16. The summed E-state index contributed by atoms with van der Waals surface area (Å²) in [4.78, 5) is 40.4. The minimum atomic E-state index is -4.77. The van der Waals surface area contributed by atoms with Crippen molar-refractivity contribution >= 4 is 60.0 Å². The molecule has 19 heteroatoms. The van der Waals surface area contributed by atoms with Gasteiger partial charge in [0.1, 0.15) is 18.1 Å². The summed E-state index contributed by atoms with van der Waals surface area (Å²) < 4.78 is 71.0. The molecule has 2 aromatic carbocycles. The van der Waals surface area contributed by atoms with Gasteiger partial charge in [-0.25, -0.2) is 4.98 Å². The molecule has 3 heterocycles. The van der Waals surface area contributed by atoms with E-state index < -0.39 is 63.3 Å². The number of aliphatic hydroxyl groups is 2. The van der Waals surface area contributed by atoms with E-state index in [2.05, 4.69) is 20.3 Å². The van der Waals surface area contributed by atoms with E-state index >= 15 is 0 Å². The fourth-order valence-electron chi connectivity index (χ4n) is 4.83. The molecule has 4 aromatic rings. The first kappa shape index (κ1) is 30.8. The molecule has 2 unspecified atom stereocenters. The standard InChI is InChI=1S/C23H23ClF3N5O8P2/c24-22-30-19(29-14-6-5-13(23(25,26)27)11-3-1-2-4-12(11)14)16-20(31-22)32(9-28-16)21-18(34)17(33)15(40-21)7-8-41(35,36)10-42(37,38)39/h1-6,9,15,17-18,21,33-34H,7-8,10H2,(H,35,36)(H,29,30,31)(H2,37,38,39)/t15-,17+,18?,21-/m1/s1. The number of ether oxygens (including phenoxy) is 1. The Morgan fingerprint density at radius 3 is 2.38 bits per heavy atom. The number of hydrogen-bond donors (Lipinski definition) is 6. The molecule has 42 heavy (non-hydrogen) atoms. The minimum Gasteiger partial charge on any atom is -0.388 e. The van der Waals surface area contributed by atoms with Gasteiger partial charge < -0.3 is 34.9 Å². The van der Waals surface area contributed by atoms with Gasteiger partial charge in [-0.3, -0.25) is 13.7 Å². The predicted octanol–water partition coefficient (Wildman–Crippen LogP) is 3.81. The van der Waals surface area contributed by atoms with Crippen LogP contribution in [0.25, 0.3) is 21.9 Å². The Bertz CT molecular complexity index is 1750. The Morgan fingerprint density at radius 2 is 1.71 bits per heavy atom. The maximum Gasteiger partial charge on any atom is 0.417 e. The van der Waals surface area contributed by atoms with Crippen LogP contribution in [0, 0.1) is 0 Å². The molecule has 13 nitrogen and oxygen atoms in total. The minimum absolute atomic E-state index is 0.0249. The average molecular weight is 652 g/mol. The fourth-order valence-corrected chi connectivity index (χ4v) is 8.52. The molecule has 5 rings (SSSR count). The van der Waals surface area contributed by atoms with Crippen molar-refractivity contribution in [2.24, 2.45) is 0 Å². The summed E-state index contributed by atoms with van der Waals surface area (Å²) in [5, 5.41) is 24.1. The molecule has 0 saturated carbocycles. The van der Waals surface area contributed by atoms with Gasteiger partial charge in [0.05, 0.1) is 18.0 Å². The highest BCUT2D eigenvalue weighted by Gasteiger charge is 2.45. The normalized spacial score (nSPS) is 23.0. The lowest BCUT2D eigenvalue weighted by molar-refractivity contribution is -0.136. The molecule has 0 spiro atoms. The molecule has 0 aliphatic carbocycles. The number of halogens is 4. The van der Waals surface area contributed by atoms with E-state index in [0.717, 1.165) is 6.07 Å². The lowest BCUT2D eigenvalue weighted by Gasteiger charge is -2.18. The topological polar surface area (TPSA) is 200 Å². The van der Waals surface area contributed by atoms with Crippen molar-refractivity contribution < 1.29 is 51.9 Å². The number of imidazole rings is 1. The summed E-state index contributed by atoms with van der Waals surface area (Å²) in [6, 6.07) is 8.06. The Hall–Kier alpha value is -2.65. The van der Waals surface area contributed by atoms with E-state index in [1.807, 2.05) is 0 Å². The summed E-state index contributed by atoms with van der Waals surface area (Å²) in [6.07, 6.45) is -9.88. The van der Waals surface area contributed by atoms with E-state index in [-0.39, 0.29) is 45.1 Å². The number of alkyl halides is 3. The first-order valence-electron chi connectivity index (χ1n) is 12.2. The lowest BCUT2D eigenvalue weighted by Crippen LogP contribution is -2.32. The molecule has 1 fully saturated rings. The van der Waals surface area contributed by atoms with Gasteiger partial charge in [0.2, 0.25) is 12.7 Å². The summed E-state index contributed by atoms with van der Waals surface area (Å²) in [5.41, 5.74) is -0.433. The van der Waals surface area contributed by atoms with Crippen molar-refractivity contribution in [2.45, 2.75) is 37.1 Å². The highest BCUT2D eigenvalue weighted by Crippen LogP contribution is 2.55. The van der Waals surface area contributed by atoms with Crippen molar-refractivity contribution in [1.29, 1.82) is 0 Å². The SMILES string of the molecule is O=P(O)(O)CP(=O)(O)CC[C@H]1O[C@@H](n2cnc3c(Nc4ccc(C(F)(F)F)c5ccccc45)nc(Cl)nc32)C(O)[C@H]1O. The van der Waals surface area contributed by atoms with Crippen LogP contribution in [0.1, 0.15) is 18.2 Å². The largest absolute Gasteiger partial charge is 0.417 e. The number of rotatable bonds is 8. The number of anilines is 2. The molecule has 1 aliphatic rings. The molecule has 5 atom stereocenters. The zero-order valence-electron chi connectivity index (χ0n) is 21.1. The Morgan fingerprint density at radius 1 is 1.02 bits per heavy atom. The van der Waals surface area contributed by atoms with E-state index in [9.17, 15) is 37.4 Å². The fraction of sp³-hybridized carbons (Fsp3) is 0.348. The molecule has 1 aliphatic heterocycles. The number of aromatic nitrogens is 4. The highest BCUT2D eigenvalue weighted by atomic mass is 35.5. The molecular formula is C23H23ClF3N5O8P2. The third-order valence-corrected chi connectivity index (χ3v) is 11.0. The molecule has 6 N–H and O–H groups in total. The van der Waals surface area contributed by atoms with E-state index in [1.165, 1.54) is 35.2 Å². The quantitative estimate of drug-likeness (QED) is 0.119. The monoisotopic (exact) mass is 651 g/mol. The van der Waals surface area contributed by atoms with Gasteiger partial charge in [0.25, 0.3) is 0 Å². The van der Waals surface area contributed by atoms with Gasteiger partial charge in [-0.05, 0) is 35.5 Å². The molecule has 0 bridgehead atoms. The van der Waals surface area contributed by atoms with Crippen LogP contribution in [0.2, 0.25) is 5.28 Å². The number of nitrogens with one attached hydrogen (secondary N) is 1. The van der Waals surface area contributed by atoms with Gasteiger partial charge in [-0.2, -0.15) is 23.1 Å². The Balaban J connectivity index is 1.44. The van der Waals surface area contributed by atoms with Crippen LogP contribution in [-0.4, -0.2) is 74.8 Å².